The zero-order valence-corrected chi connectivity index (χ0v) is 8.87. The summed E-state index contributed by atoms with van der Waals surface area (Å²) in [6.07, 6.45) is 0. The van der Waals surface area contributed by atoms with Crippen molar-refractivity contribution in [2.75, 3.05) is 7.11 Å². The number of methoxy groups -OCH3 is 1. The molecule has 0 aliphatic carbocycles. The summed E-state index contributed by atoms with van der Waals surface area (Å²) in [5, 5.41) is 0. The Morgan fingerprint density at radius 3 is 2.08 bits per heavy atom. The summed E-state index contributed by atoms with van der Waals surface area (Å²) < 4.78 is 5.15. The Labute approximate surface area is 81.3 Å². The van der Waals surface area contributed by atoms with Crippen molar-refractivity contribution in [2.45, 2.75) is 13.8 Å². The first-order valence-corrected chi connectivity index (χ1v) is 4.56. The second-order valence-corrected chi connectivity index (χ2v) is 3.17. The molecule has 0 bridgehead atoms. The summed E-state index contributed by atoms with van der Waals surface area (Å²) in [5.41, 5.74) is 3.78. The maximum atomic E-state index is 5.15. The molecule has 0 fully saturated rings. The number of rotatable bonds is 2. The molecule has 0 spiro atoms. The SMILES string of the molecule is COc1cc(C)c([CH]=[Al])c(C)c1. The molecule has 1 radical (unpaired) electrons. The molecule has 0 amide bonds. The van der Waals surface area contributed by atoms with E-state index in [2.05, 4.69) is 29.7 Å². The average molecular weight is 175 g/mol. The molecule has 0 N–H and O–H groups in total. The molecule has 1 aromatic carbocycles. The van der Waals surface area contributed by atoms with Gasteiger partial charge in [-0.2, -0.15) is 0 Å². The van der Waals surface area contributed by atoms with Crippen molar-refractivity contribution in [1.29, 1.82) is 0 Å². The number of hydrogen-bond acceptors (Lipinski definition) is 1. The zero-order valence-electron chi connectivity index (χ0n) is 7.72. The van der Waals surface area contributed by atoms with Gasteiger partial charge in [-0.3, -0.25) is 0 Å². The van der Waals surface area contributed by atoms with Gasteiger partial charge in [-0.1, -0.05) is 0 Å². The van der Waals surface area contributed by atoms with E-state index in [0.717, 1.165) is 5.75 Å². The van der Waals surface area contributed by atoms with Crippen LogP contribution in [0.5, 0.6) is 5.75 Å². The van der Waals surface area contributed by atoms with Gasteiger partial charge in [0.2, 0.25) is 0 Å². The van der Waals surface area contributed by atoms with Crippen LogP contribution < -0.4 is 4.74 Å². The summed E-state index contributed by atoms with van der Waals surface area (Å²) in [4.78, 5) is 2.05. The topological polar surface area (TPSA) is 9.23 Å². The first kappa shape index (κ1) is 9.51. The molecule has 12 heavy (non-hydrogen) atoms. The van der Waals surface area contributed by atoms with Crippen LogP contribution in [0.15, 0.2) is 12.1 Å². The summed E-state index contributed by atoms with van der Waals surface area (Å²) in [5.74, 6) is 0.931. The summed E-state index contributed by atoms with van der Waals surface area (Å²) in [6, 6.07) is 4.09. The van der Waals surface area contributed by atoms with Gasteiger partial charge in [-0.15, -0.1) is 0 Å². The van der Waals surface area contributed by atoms with E-state index in [9.17, 15) is 0 Å². The van der Waals surface area contributed by atoms with Crippen LogP contribution in [0.3, 0.4) is 0 Å². The van der Waals surface area contributed by atoms with Gasteiger partial charge in [-0.25, -0.2) is 0 Å². The molecule has 0 saturated heterocycles. The van der Waals surface area contributed by atoms with E-state index in [1.807, 2.05) is 17.0 Å². The summed E-state index contributed by atoms with van der Waals surface area (Å²) in [7, 11) is 1.69. The van der Waals surface area contributed by atoms with Crippen LogP contribution in [0, 0.1) is 13.8 Å². The van der Waals surface area contributed by atoms with Crippen molar-refractivity contribution in [3.8, 4) is 5.75 Å². The second kappa shape index (κ2) is 3.89. The molecule has 0 heterocycles. The molecule has 0 aromatic heterocycles. The summed E-state index contributed by atoms with van der Waals surface area (Å²) >= 11 is 2.63. The zero-order chi connectivity index (χ0) is 9.14. The fourth-order valence-corrected chi connectivity index (χ4v) is 1.84. The summed E-state index contributed by atoms with van der Waals surface area (Å²) in [6.45, 7) is 4.18. The van der Waals surface area contributed by atoms with Gasteiger partial charge in [0.15, 0.2) is 0 Å². The van der Waals surface area contributed by atoms with Crippen LogP contribution in [0.1, 0.15) is 16.7 Å². The Morgan fingerprint density at radius 2 is 1.75 bits per heavy atom. The third-order valence-electron chi connectivity index (χ3n) is 1.97. The maximum absolute atomic E-state index is 5.15. The Hall–Kier alpha value is -0.578. The van der Waals surface area contributed by atoms with Crippen molar-refractivity contribution >= 4 is 20.7 Å². The van der Waals surface area contributed by atoms with E-state index in [1.54, 1.807) is 7.11 Å². The third kappa shape index (κ3) is 1.77. The molecule has 0 saturated carbocycles. The van der Waals surface area contributed by atoms with Crippen LogP contribution >= 0.6 is 0 Å². The predicted octanol–water partition coefficient (Wildman–Crippen LogP) is 1.63. The van der Waals surface area contributed by atoms with Crippen molar-refractivity contribution < 1.29 is 4.74 Å². The average Bonchev–Trinajstić information content (AvgIpc) is 2.03. The molecular formula is C10H12AlO. The Bertz CT molecular complexity index is 282. The normalized spacial score (nSPS) is 9.50. The first-order chi connectivity index (χ1) is 5.69. The molecule has 0 aliphatic heterocycles. The molecule has 0 aliphatic rings. The fourth-order valence-electron chi connectivity index (χ4n) is 1.32. The Balaban J connectivity index is 3.27. The van der Waals surface area contributed by atoms with Gasteiger partial charge < -0.3 is 0 Å². The Kier molecular flexibility index (Phi) is 3.08. The fraction of sp³-hybridized carbons (Fsp3) is 0.300. The van der Waals surface area contributed by atoms with Crippen LogP contribution in [-0.2, 0) is 0 Å². The molecule has 2 heteroatoms. The number of aryl methyl sites for hydroxylation is 2. The van der Waals surface area contributed by atoms with Gasteiger partial charge in [-0.05, 0) is 0 Å². The first-order valence-electron chi connectivity index (χ1n) is 3.89. The minimum absolute atomic E-state index is 0.931. The number of hydrogen-bond donors (Lipinski definition) is 0. The standard InChI is InChI=1S/C10H12O.Al/c1-7-5-10(11-4)6-8(2)9(7)3;/h3,5-6H,1-2,4H3;. The van der Waals surface area contributed by atoms with E-state index < -0.39 is 0 Å². The van der Waals surface area contributed by atoms with Crippen LogP contribution in [0.25, 0.3) is 0 Å². The van der Waals surface area contributed by atoms with Gasteiger partial charge in [0, 0.05) is 0 Å². The van der Waals surface area contributed by atoms with Crippen LogP contribution in [0.4, 0.5) is 0 Å². The van der Waals surface area contributed by atoms with Crippen molar-refractivity contribution in [2.24, 2.45) is 0 Å². The predicted molar refractivity (Wildman–Crippen MR) is 53.4 cm³/mol. The van der Waals surface area contributed by atoms with Gasteiger partial charge >= 0.3 is 81.0 Å². The van der Waals surface area contributed by atoms with Gasteiger partial charge in [0.1, 0.15) is 0 Å². The number of ether oxygens (including phenoxy) is 1. The van der Waals surface area contributed by atoms with E-state index in [0.29, 0.717) is 0 Å². The molecule has 0 unspecified atom stereocenters. The van der Waals surface area contributed by atoms with E-state index in [1.165, 1.54) is 16.7 Å². The van der Waals surface area contributed by atoms with Crippen molar-refractivity contribution in [3.05, 3.63) is 28.8 Å². The molecule has 1 rings (SSSR count). The van der Waals surface area contributed by atoms with Crippen molar-refractivity contribution in [1.82, 2.24) is 0 Å². The minimum atomic E-state index is 0.931. The van der Waals surface area contributed by atoms with Crippen LogP contribution in [-0.4, -0.2) is 27.8 Å². The van der Waals surface area contributed by atoms with Gasteiger partial charge in [0.05, 0.1) is 0 Å². The Morgan fingerprint density at radius 1 is 1.25 bits per heavy atom. The van der Waals surface area contributed by atoms with Gasteiger partial charge in [0.25, 0.3) is 0 Å². The molecular weight excluding hydrogens is 163 g/mol. The molecule has 1 nitrogen and oxygen atoms in total. The quantitative estimate of drug-likeness (QED) is 0.621. The number of benzene rings is 1. The van der Waals surface area contributed by atoms with Crippen molar-refractivity contribution in [3.63, 3.8) is 0 Å². The van der Waals surface area contributed by atoms with E-state index in [4.69, 9.17) is 4.74 Å². The van der Waals surface area contributed by atoms with E-state index >= 15 is 0 Å². The monoisotopic (exact) mass is 175 g/mol. The van der Waals surface area contributed by atoms with Crippen LogP contribution in [0.2, 0.25) is 0 Å². The second-order valence-electron chi connectivity index (χ2n) is 2.84. The third-order valence-corrected chi connectivity index (χ3v) is 2.30. The van der Waals surface area contributed by atoms with E-state index in [-0.39, 0.29) is 0 Å². The molecule has 0 atom stereocenters. The molecule has 61 valence electrons. The molecule has 1 aromatic rings.